The molecule has 18 heteroatoms. The number of aliphatic carboxylic acids is 1. The summed E-state index contributed by atoms with van der Waals surface area (Å²) in [6.45, 7) is 14.7. The first kappa shape index (κ1) is 49.6. The summed E-state index contributed by atoms with van der Waals surface area (Å²) in [4.78, 5) is 44.2. The first-order valence-corrected chi connectivity index (χ1v) is 17.6. The maximum atomic E-state index is 11.6. The fraction of sp³-hybridized carbons (Fsp3) is 0.882. The monoisotopic (exact) mass is 758 g/mol. The Morgan fingerprint density at radius 3 is 0.904 bits per heavy atom. The second-order valence-corrected chi connectivity index (χ2v) is 11.5. The summed E-state index contributed by atoms with van der Waals surface area (Å²) < 4.78 is 69.5. The molecular weight excluding hydrogens is 696 g/mol. The third-order valence-electron chi connectivity index (χ3n) is 5.88. The van der Waals surface area contributed by atoms with Crippen molar-refractivity contribution in [1.82, 2.24) is 0 Å². The van der Waals surface area contributed by atoms with Gasteiger partial charge in [-0.15, -0.1) is 0 Å². The average molecular weight is 759 g/mol. The maximum Gasteiger partial charge on any atom is 0.372 e. The molecule has 0 aromatic heterocycles. The van der Waals surface area contributed by atoms with Gasteiger partial charge >= 0.3 is 17.9 Å². The van der Waals surface area contributed by atoms with Crippen molar-refractivity contribution in [2.24, 2.45) is 0 Å². The van der Waals surface area contributed by atoms with E-state index in [-0.39, 0.29) is 38.4 Å². The molecule has 0 radical (unpaired) electrons. The molecule has 18 nitrogen and oxygen atoms in total. The van der Waals surface area contributed by atoms with Gasteiger partial charge in [0.2, 0.25) is 5.78 Å². The van der Waals surface area contributed by atoms with Crippen molar-refractivity contribution < 1.29 is 85.9 Å². The molecule has 0 heterocycles. The number of carbonyl (C=O) groups is 4. The highest BCUT2D eigenvalue weighted by atomic mass is 16.6. The summed E-state index contributed by atoms with van der Waals surface area (Å²) in [5, 5.41) is 8.45. The zero-order chi connectivity index (χ0) is 38.4. The fourth-order valence-electron chi connectivity index (χ4n) is 3.46. The van der Waals surface area contributed by atoms with Gasteiger partial charge in [-0.25, -0.2) is 4.79 Å². The van der Waals surface area contributed by atoms with Crippen molar-refractivity contribution >= 4 is 23.7 Å². The summed E-state index contributed by atoms with van der Waals surface area (Å²) in [6.07, 6.45) is -0.449. The van der Waals surface area contributed by atoms with E-state index in [0.717, 1.165) is 0 Å². The van der Waals surface area contributed by atoms with Crippen LogP contribution in [-0.4, -0.2) is 186 Å². The fourth-order valence-corrected chi connectivity index (χ4v) is 3.46. The Balaban J connectivity index is 3.15. The van der Waals surface area contributed by atoms with Gasteiger partial charge in [-0.2, -0.15) is 0 Å². The molecule has 0 spiro atoms. The van der Waals surface area contributed by atoms with E-state index in [0.29, 0.717) is 139 Å². The van der Waals surface area contributed by atoms with Gasteiger partial charge in [0.1, 0.15) is 12.2 Å². The molecule has 0 aliphatic rings. The van der Waals surface area contributed by atoms with E-state index in [9.17, 15) is 19.2 Å². The molecule has 0 saturated carbocycles. The molecule has 1 N–H and O–H groups in total. The molecule has 0 amide bonds. The van der Waals surface area contributed by atoms with Gasteiger partial charge in [-0.3, -0.25) is 14.4 Å². The minimum absolute atomic E-state index is 0.00856. The molecule has 0 saturated heterocycles. The first-order chi connectivity index (χ1) is 25.1. The van der Waals surface area contributed by atoms with Crippen LogP contribution < -0.4 is 0 Å². The molecule has 0 aliphatic carbocycles. The predicted octanol–water partition coefficient (Wildman–Crippen LogP) is 0.878. The summed E-state index contributed by atoms with van der Waals surface area (Å²) in [5.41, 5.74) is -0.485. The minimum Gasteiger partial charge on any atom is -0.476 e. The molecule has 0 aromatic rings. The van der Waals surface area contributed by atoms with E-state index < -0.39 is 23.3 Å². The Morgan fingerprint density at radius 2 is 0.635 bits per heavy atom. The summed E-state index contributed by atoms with van der Waals surface area (Å²) in [5.74, 6) is -3.52. The van der Waals surface area contributed by atoms with Crippen LogP contribution in [0.2, 0.25) is 0 Å². The largest absolute Gasteiger partial charge is 0.476 e. The molecule has 0 fully saturated rings. The second-order valence-electron chi connectivity index (χ2n) is 11.5. The van der Waals surface area contributed by atoms with Gasteiger partial charge in [0, 0.05) is 6.42 Å². The van der Waals surface area contributed by atoms with E-state index in [1.54, 1.807) is 0 Å². The smallest absolute Gasteiger partial charge is 0.372 e. The third kappa shape index (κ3) is 40.4. The molecule has 0 aromatic carbocycles. The highest BCUT2D eigenvalue weighted by Crippen LogP contribution is 2.08. The molecule has 52 heavy (non-hydrogen) atoms. The topological polar surface area (TPSA) is 208 Å². The second kappa shape index (κ2) is 37.0. The van der Waals surface area contributed by atoms with Crippen LogP contribution in [0.4, 0.5) is 0 Å². The van der Waals surface area contributed by atoms with E-state index in [1.165, 1.54) is 0 Å². The molecule has 0 unspecified atom stereocenters. The van der Waals surface area contributed by atoms with E-state index in [2.05, 4.69) is 0 Å². The van der Waals surface area contributed by atoms with Gasteiger partial charge in [-0.1, -0.05) is 0 Å². The van der Waals surface area contributed by atoms with Crippen LogP contribution in [0.3, 0.4) is 0 Å². The van der Waals surface area contributed by atoms with E-state index >= 15 is 0 Å². The number of ketones is 1. The number of esters is 2. The van der Waals surface area contributed by atoms with Gasteiger partial charge in [-0.05, 0) is 20.8 Å². The van der Waals surface area contributed by atoms with Gasteiger partial charge in [0.05, 0.1) is 158 Å². The Kier molecular flexibility index (Phi) is 35.3. The quantitative estimate of drug-likeness (QED) is 0.0522. The third-order valence-corrected chi connectivity index (χ3v) is 5.88. The predicted molar refractivity (Wildman–Crippen MR) is 182 cm³/mol. The Bertz CT molecular complexity index is 866. The summed E-state index contributed by atoms with van der Waals surface area (Å²) in [6, 6.07) is 0. The molecule has 0 atom stereocenters. The number of carboxylic acids is 1. The molecule has 306 valence electrons. The minimum atomic E-state index is -1.57. The Labute approximate surface area is 307 Å². The van der Waals surface area contributed by atoms with Crippen LogP contribution in [0.15, 0.2) is 0 Å². The van der Waals surface area contributed by atoms with Crippen molar-refractivity contribution in [3.63, 3.8) is 0 Å². The van der Waals surface area contributed by atoms with Crippen molar-refractivity contribution in [1.29, 1.82) is 0 Å². The number of Topliss-reactive ketones (excluding diaryl/α,β-unsaturated/α-hetero) is 1. The van der Waals surface area contributed by atoms with Crippen molar-refractivity contribution in [3.05, 3.63) is 0 Å². The summed E-state index contributed by atoms with van der Waals surface area (Å²) >= 11 is 0. The van der Waals surface area contributed by atoms with Crippen LogP contribution >= 0.6 is 0 Å². The number of rotatable bonds is 40. The molecular formula is C34H62O18. The highest BCUT2D eigenvalue weighted by molar-refractivity contribution is 6.32. The number of ether oxygens (including phenoxy) is 13. The maximum absolute atomic E-state index is 11.6. The first-order valence-electron chi connectivity index (χ1n) is 17.6. The number of hydrogen-bond donors (Lipinski definition) is 1. The normalized spacial score (nSPS) is 11.5. The van der Waals surface area contributed by atoms with Crippen molar-refractivity contribution in [2.75, 3.05) is 152 Å². The van der Waals surface area contributed by atoms with Crippen LogP contribution in [0, 0.1) is 0 Å². The van der Waals surface area contributed by atoms with Crippen LogP contribution in [-0.2, 0) is 80.8 Å². The standard InChI is InChI=1S/C34H62O18/c1-34(2,3)52-32(37)6-7-40-8-9-41-10-11-42-12-13-43-14-15-44-16-17-45-18-19-46-20-21-47-22-23-48-24-25-49-26-27-50-28-29-51-31(36)5-4-30(35)33(38)39/h4-29H2,1-3H3,(H,38,39). The Hall–Kier alpha value is -2.36. The zero-order valence-corrected chi connectivity index (χ0v) is 31.3. The molecule has 0 aliphatic heterocycles. The lowest BCUT2D eigenvalue weighted by molar-refractivity contribution is -0.156. The van der Waals surface area contributed by atoms with E-state index in [1.807, 2.05) is 20.8 Å². The van der Waals surface area contributed by atoms with Gasteiger partial charge in [0.15, 0.2) is 0 Å². The number of hydrogen-bond acceptors (Lipinski definition) is 17. The van der Waals surface area contributed by atoms with Crippen LogP contribution in [0.5, 0.6) is 0 Å². The highest BCUT2D eigenvalue weighted by Gasteiger charge is 2.16. The summed E-state index contributed by atoms with van der Waals surface area (Å²) in [7, 11) is 0. The van der Waals surface area contributed by atoms with Gasteiger partial charge < -0.3 is 66.7 Å². The van der Waals surface area contributed by atoms with Crippen LogP contribution in [0.25, 0.3) is 0 Å². The lowest BCUT2D eigenvalue weighted by Crippen LogP contribution is -2.24. The molecule has 0 bridgehead atoms. The van der Waals surface area contributed by atoms with E-state index in [4.69, 9.17) is 66.7 Å². The molecule has 0 rings (SSSR count). The number of carboxylic acid groups (broad SMARTS) is 1. The Morgan fingerprint density at radius 1 is 0.365 bits per heavy atom. The zero-order valence-electron chi connectivity index (χ0n) is 31.3. The number of carbonyl (C=O) groups excluding carboxylic acids is 3. The lowest BCUT2D eigenvalue weighted by Gasteiger charge is -2.19. The SMILES string of the molecule is CC(C)(C)OC(=O)CCOCCOCCOCCOCCOCCOCCOCCOCCOCCOCCOCCOC(=O)CCC(=O)C(=O)O. The average Bonchev–Trinajstić information content (AvgIpc) is 3.09. The van der Waals surface area contributed by atoms with Crippen molar-refractivity contribution in [3.8, 4) is 0 Å². The van der Waals surface area contributed by atoms with Crippen molar-refractivity contribution in [2.45, 2.75) is 45.6 Å². The lowest BCUT2D eigenvalue weighted by atomic mass is 10.2. The van der Waals surface area contributed by atoms with Gasteiger partial charge in [0.25, 0.3) is 0 Å². The van der Waals surface area contributed by atoms with Crippen LogP contribution in [0.1, 0.15) is 40.0 Å².